The lowest BCUT2D eigenvalue weighted by atomic mass is 10.2. The van der Waals surface area contributed by atoms with Gasteiger partial charge in [0, 0.05) is 5.56 Å². The molecule has 21 heavy (non-hydrogen) atoms. The summed E-state index contributed by atoms with van der Waals surface area (Å²) in [5.74, 6) is 0.634. The molecule has 5 heteroatoms. The van der Waals surface area contributed by atoms with Crippen LogP contribution in [0.4, 0.5) is 0 Å². The topological polar surface area (TPSA) is 56.7 Å². The van der Waals surface area contributed by atoms with E-state index in [9.17, 15) is 0 Å². The molecule has 0 spiro atoms. The molecule has 4 aromatic rings. The third-order valence-corrected chi connectivity index (χ3v) is 3.40. The van der Waals surface area contributed by atoms with Crippen LogP contribution < -0.4 is 0 Å². The first-order valence-corrected chi connectivity index (χ1v) is 6.63. The van der Waals surface area contributed by atoms with Crippen molar-refractivity contribution in [1.29, 1.82) is 0 Å². The number of benzene rings is 2. The van der Waals surface area contributed by atoms with E-state index in [1.54, 1.807) is 12.7 Å². The van der Waals surface area contributed by atoms with E-state index in [0.717, 1.165) is 27.9 Å². The number of aromatic nitrogens is 4. The Morgan fingerprint density at radius 1 is 1.00 bits per heavy atom. The van der Waals surface area contributed by atoms with Gasteiger partial charge >= 0.3 is 0 Å². The number of aryl methyl sites for hydroxylation is 1. The molecule has 0 amide bonds. The number of fused-ring (bicyclic) bond motifs is 1. The Bertz CT molecular complexity index is 895. The average molecular weight is 276 g/mol. The second-order valence-corrected chi connectivity index (χ2v) is 4.87. The highest BCUT2D eigenvalue weighted by atomic mass is 16.3. The highest BCUT2D eigenvalue weighted by Crippen LogP contribution is 2.28. The summed E-state index contributed by atoms with van der Waals surface area (Å²) in [5, 5.41) is 7.66. The van der Waals surface area contributed by atoms with Crippen LogP contribution in [0, 0.1) is 6.92 Å². The van der Waals surface area contributed by atoms with E-state index in [2.05, 4.69) is 15.2 Å². The van der Waals surface area contributed by atoms with Crippen LogP contribution in [0.15, 0.2) is 59.5 Å². The molecule has 0 aliphatic rings. The van der Waals surface area contributed by atoms with Gasteiger partial charge in [-0.15, -0.1) is 10.2 Å². The first kappa shape index (κ1) is 11.8. The van der Waals surface area contributed by atoms with Crippen molar-refractivity contribution in [1.82, 2.24) is 19.7 Å². The van der Waals surface area contributed by atoms with Gasteiger partial charge in [0.05, 0.1) is 5.69 Å². The molecule has 5 nitrogen and oxygen atoms in total. The smallest absolute Gasteiger partial charge is 0.227 e. The summed E-state index contributed by atoms with van der Waals surface area (Å²) in [5.41, 5.74) is 4.62. The fourth-order valence-electron chi connectivity index (χ4n) is 2.37. The fourth-order valence-corrected chi connectivity index (χ4v) is 2.37. The quantitative estimate of drug-likeness (QED) is 0.563. The van der Waals surface area contributed by atoms with Gasteiger partial charge in [0.2, 0.25) is 5.89 Å². The average Bonchev–Trinajstić information content (AvgIpc) is 3.17. The SMILES string of the molecule is Cc1cc(-n2cnnc2)cc2nc(-c3ccccc3)oc12. The number of hydrogen-bond acceptors (Lipinski definition) is 4. The highest BCUT2D eigenvalue weighted by Gasteiger charge is 2.11. The summed E-state index contributed by atoms with van der Waals surface area (Å²) >= 11 is 0. The van der Waals surface area contributed by atoms with Gasteiger partial charge in [-0.2, -0.15) is 0 Å². The molecule has 102 valence electrons. The molecule has 0 bridgehead atoms. The standard InChI is InChI=1S/C16H12N4O/c1-11-7-13(20-9-17-18-10-20)8-14-15(11)21-16(19-14)12-5-3-2-4-6-12/h2-10H,1H3. The van der Waals surface area contributed by atoms with Crippen LogP contribution in [0.5, 0.6) is 0 Å². The summed E-state index contributed by atoms with van der Waals surface area (Å²) in [6.45, 7) is 2.01. The van der Waals surface area contributed by atoms with Gasteiger partial charge in [0.1, 0.15) is 18.2 Å². The molecule has 4 rings (SSSR count). The first-order valence-electron chi connectivity index (χ1n) is 6.63. The van der Waals surface area contributed by atoms with E-state index in [-0.39, 0.29) is 0 Å². The predicted molar refractivity (Wildman–Crippen MR) is 79.1 cm³/mol. The molecule has 0 unspecified atom stereocenters. The summed E-state index contributed by atoms with van der Waals surface area (Å²) in [6, 6.07) is 13.9. The molecule has 0 aliphatic heterocycles. The summed E-state index contributed by atoms with van der Waals surface area (Å²) in [6.07, 6.45) is 3.33. The Morgan fingerprint density at radius 2 is 1.76 bits per heavy atom. The zero-order valence-electron chi connectivity index (χ0n) is 11.4. The van der Waals surface area contributed by atoms with Crippen LogP contribution in [0.1, 0.15) is 5.56 Å². The molecule has 0 radical (unpaired) electrons. The summed E-state index contributed by atoms with van der Waals surface area (Å²) < 4.78 is 7.76. The van der Waals surface area contributed by atoms with Crippen LogP contribution in [0.25, 0.3) is 28.2 Å². The van der Waals surface area contributed by atoms with E-state index in [4.69, 9.17) is 4.42 Å². The van der Waals surface area contributed by atoms with Crippen molar-refractivity contribution in [3.8, 4) is 17.1 Å². The molecular formula is C16H12N4O. The molecular weight excluding hydrogens is 264 g/mol. The van der Waals surface area contributed by atoms with Crippen LogP contribution in [-0.2, 0) is 0 Å². The molecule has 0 saturated carbocycles. The van der Waals surface area contributed by atoms with Gasteiger partial charge in [0.25, 0.3) is 0 Å². The molecule has 0 aliphatic carbocycles. The zero-order chi connectivity index (χ0) is 14.2. The molecule has 0 fully saturated rings. The minimum atomic E-state index is 0.634. The predicted octanol–water partition coefficient (Wildman–Crippen LogP) is 3.38. The first-order chi connectivity index (χ1) is 10.3. The van der Waals surface area contributed by atoms with E-state index in [0.29, 0.717) is 5.89 Å². The van der Waals surface area contributed by atoms with Crippen molar-refractivity contribution < 1.29 is 4.42 Å². The normalized spacial score (nSPS) is 11.1. The lowest BCUT2D eigenvalue weighted by Crippen LogP contribution is -1.91. The van der Waals surface area contributed by atoms with Gasteiger partial charge in [-0.3, -0.25) is 4.57 Å². The van der Waals surface area contributed by atoms with E-state index >= 15 is 0 Å². The lowest BCUT2D eigenvalue weighted by molar-refractivity contribution is 0.617. The van der Waals surface area contributed by atoms with Crippen molar-refractivity contribution >= 4 is 11.1 Å². The zero-order valence-corrected chi connectivity index (χ0v) is 11.4. The Morgan fingerprint density at radius 3 is 2.52 bits per heavy atom. The highest BCUT2D eigenvalue weighted by molar-refractivity contribution is 5.81. The third kappa shape index (κ3) is 1.99. The molecule has 0 atom stereocenters. The summed E-state index contributed by atoms with van der Waals surface area (Å²) in [7, 11) is 0. The van der Waals surface area contributed by atoms with Crippen molar-refractivity contribution in [2.75, 3.05) is 0 Å². The number of nitrogens with zero attached hydrogens (tertiary/aromatic N) is 4. The van der Waals surface area contributed by atoms with Crippen molar-refractivity contribution in [3.63, 3.8) is 0 Å². The van der Waals surface area contributed by atoms with Gasteiger partial charge in [-0.1, -0.05) is 18.2 Å². The second-order valence-electron chi connectivity index (χ2n) is 4.87. The number of rotatable bonds is 2. The lowest BCUT2D eigenvalue weighted by Gasteiger charge is -2.02. The minimum Gasteiger partial charge on any atom is -0.436 e. The maximum atomic E-state index is 5.91. The number of oxazole rings is 1. The summed E-state index contributed by atoms with van der Waals surface area (Å²) in [4.78, 5) is 4.59. The Labute approximate surface area is 120 Å². The van der Waals surface area contributed by atoms with Crippen molar-refractivity contribution in [3.05, 3.63) is 60.7 Å². The van der Waals surface area contributed by atoms with E-state index in [1.165, 1.54) is 0 Å². The molecule has 2 aromatic heterocycles. The van der Waals surface area contributed by atoms with Crippen molar-refractivity contribution in [2.45, 2.75) is 6.92 Å². The molecule has 0 N–H and O–H groups in total. The fraction of sp³-hybridized carbons (Fsp3) is 0.0625. The van der Waals surface area contributed by atoms with Crippen LogP contribution >= 0.6 is 0 Å². The molecule has 2 aromatic carbocycles. The van der Waals surface area contributed by atoms with Gasteiger partial charge < -0.3 is 4.42 Å². The Balaban J connectivity index is 1.90. The van der Waals surface area contributed by atoms with Crippen molar-refractivity contribution in [2.24, 2.45) is 0 Å². The number of hydrogen-bond donors (Lipinski definition) is 0. The Kier molecular flexibility index (Phi) is 2.57. The Hall–Kier alpha value is -2.95. The van der Waals surface area contributed by atoms with Crippen LogP contribution in [0.3, 0.4) is 0 Å². The van der Waals surface area contributed by atoms with E-state index < -0.39 is 0 Å². The van der Waals surface area contributed by atoms with Crippen LogP contribution in [0.2, 0.25) is 0 Å². The largest absolute Gasteiger partial charge is 0.436 e. The monoisotopic (exact) mass is 276 g/mol. The van der Waals surface area contributed by atoms with Gasteiger partial charge in [0.15, 0.2) is 5.58 Å². The second kappa shape index (κ2) is 4.56. The van der Waals surface area contributed by atoms with Crippen LogP contribution in [-0.4, -0.2) is 19.7 Å². The molecule has 2 heterocycles. The minimum absolute atomic E-state index is 0.634. The third-order valence-electron chi connectivity index (χ3n) is 3.40. The maximum absolute atomic E-state index is 5.91. The van der Waals surface area contributed by atoms with E-state index in [1.807, 2.05) is 54.0 Å². The van der Waals surface area contributed by atoms with Gasteiger partial charge in [-0.05, 0) is 36.8 Å². The maximum Gasteiger partial charge on any atom is 0.227 e. The van der Waals surface area contributed by atoms with Gasteiger partial charge in [-0.25, -0.2) is 4.98 Å². The molecule has 0 saturated heterocycles.